The number of hydrazine groups is 1. The van der Waals surface area contributed by atoms with Gasteiger partial charge < -0.3 is 10.7 Å². The molecule has 4 N–H and O–H groups in total. The van der Waals surface area contributed by atoms with Crippen molar-refractivity contribution in [3.8, 4) is 0 Å². The monoisotopic (exact) mass is 257 g/mol. The molecule has 0 fully saturated rings. The highest BCUT2D eigenvalue weighted by molar-refractivity contribution is 5.94. The van der Waals surface area contributed by atoms with E-state index >= 15 is 0 Å². The van der Waals surface area contributed by atoms with Gasteiger partial charge in [0.25, 0.3) is 5.91 Å². The number of hydrogen-bond donors (Lipinski definition) is 3. The molecule has 2 heterocycles. The van der Waals surface area contributed by atoms with Crippen LogP contribution in [0.4, 0.5) is 5.82 Å². The number of aromatic nitrogens is 2. The Balaban J connectivity index is 1.87. The lowest BCUT2D eigenvalue weighted by atomic mass is 10.2. The van der Waals surface area contributed by atoms with Gasteiger partial charge >= 0.3 is 0 Å². The number of carbonyl (C=O) groups excluding carboxylic acids is 1. The molecular weight excluding hydrogens is 242 g/mol. The smallest absolute Gasteiger partial charge is 0.251 e. The SMILES string of the molecule is NNc1cc(C(=O)NCCc2cccnc2)ccn1. The lowest BCUT2D eigenvalue weighted by Gasteiger charge is -2.06. The number of anilines is 1. The van der Waals surface area contributed by atoms with Crippen molar-refractivity contribution in [2.45, 2.75) is 6.42 Å². The molecule has 0 unspecified atom stereocenters. The standard InChI is InChI=1S/C13H15N5O/c14-18-12-8-11(4-7-16-12)13(19)17-6-3-10-2-1-5-15-9-10/h1-2,4-5,7-9H,3,6,14H2,(H,16,18)(H,17,19). The topological polar surface area (TPSA) is 92.9 Å². The molecule has 98 valence electrons. The molecule has 0 saturated heterocycles. The summed E-state index contributed by atoms with van der Waals surface area (Å²) in [6, 6.07) is 7.08. The average molecular weight is 257 g/mol. The zero-order chi connectivity index (χ0) is 13.5. The number of nitrogens with zero attached hydrogens (tertiary/aromatic N) is 2. The first-order valence-corrected chi connectivity index (χ1v) is 5.89. The Morgan fingerprint density at radius 2 is 2.21 bits per heavy atom. The summed E-state index contributed by atoms with van der Waals surface area (Å²) in [7, 11) is 0. The van der Waals surface area contributed by atoms with Crippen molar-refractivity contribution in [2.75, 3.05) is 12.0 Å². The predicted octanol–water partition coefficient (Wildman–Crippen LogP) is 0.735. The van der Waals surface area contributed by atoms with E-state index in [1.807, 2.05) is 12.1 Å². The van der Waals surface area contributed by atoms with Crippen LogP contribution in [-0.4, -0.2) is 22.4 Å². The summed E-state index contributed by atoms with van der Waals surface area (Å²) in [5.74, 6) is 5.55. The summed E-state index contributed by atoms with van der Waals surface area (Å²) < 4.78 is 0. The molecule has 2 aromatic rings. The molecule has 0 aliphatic heterocycles. The molecule has 0 bridgehead atoms. The van der Waals surface area contributed by atoms with Crippen LogP contribution in [0.25, 0.3) is 0 Å². The summed E-state index contributed by atoms with van der Waals surface area (Å²) in [6.45, 7) is 0.554. The fourth-order valence-corrected chi connectivity index (χ4v) is 1.62. The van der Waals surface area contributed by atoms with Crippen LogP contribution in [0.5, 0.6) is 0 Å². The Kier molecular flexibility index (Phi) is 4.41. The highest BCUT2D eigenvalue weighted by atomic mass is 16.1. The second-order valence-electron chi connectivity index (χ2n) is 3.94. The molecule has 0 atom stereocenters. The van der Waals surface area contributed by atoms with Crippen molar-refractivity contribution in [3.63, 3.8) is 0 Å². The van der Waals surface area contributed by atoms with Crippen molar-refractivity contribution in [3.05, 3.63) is 54.0 Å². The maximum absolute atomic E-state index is 11.9. The van der Waals surface area contributed by atoms with Gasteiger partial charge in [0.05, 0.1) is 0 Å². The van der Waals surface area contributed by atoms with E-state index in [9.17, 15) is 4.79 Å². The first-order valence-electron chi connectivity index (χ1n) is 5.89. The van der Waals surface area contributed by atoms with Crippen LogP contribution in [0.1, 0.15) is 15.9 Å². The van der Waals surface area contributed by atoms with Crippen molar-refractivity contribution in [1.82, 2.24) is 15.3 Å². The molecule has 0 radical (unpaired) electrons. The molecule has 19 heavy (non-hydrogen) atoms. The van der Waals surface area contributed by atoms with E-state index in [-0.39, 0.29) is 5.91 Å². The van der Waals surface area contributed by atoms with Crippen LogP contribution < -0.4 is 16.6 Å². The number of amides is 1. The first kappa shape index (κ1) is 13.0. The number of hydrogen-bond acceptors (Lipinski definition) is 5. The molecule has 2 aromatic heterocycles. The minimum Gasteiger partial charge on any atom is -0.352 e. The van der Waals surface area contributed by atoms with Gasteiger partial charge in [0, 0.05) is 30.7 Å². The van der Waals surface area contributed by atoms with Gasteiger partial charge in [-0.05, 0) is 30.2 Å². The van der Waals surface area contributed by atoms with Gasteiger partial charge in [0.15, 0.2) is 0 Å². The molecule has 6 heteroatoms. The zero-order valence-corrected chi connectivity index (χ0v) is 10.3. The number of pyridine rings is 2. The largest absolute Gasteiger partial charge is 0.352 e. The van der Waals surface area contributed by atoms with Crippen molar-refractivity contribution in [2.24, 2.45) is 5.84 Å². The second-order valence-corrected chi connectivity index (χ2v) is 3.94. The van der Waals surface area contributed by atoms with Crippen LogP contribution in [0.2, 0.25) is 0 Å². The molecule has 0 aliphatic rings. The fraction of sp³-hybridized carbons (Fsp3) is 0.154. The Morgan fingerprint density at radius 3 is 2.95 bits per heavy atom. The predicted molar refractivity (Wildman–Crippen MR) is 72.3 cm³/mol. The van der Waals surface area contributed by atoms with Crippen LogP contribution in [-0.2, 0) is 6.42 Å². The van der Waals surface area contributed by atoms with Gasteiger partial charge in [-0.1, -0.05) is 6.07 Å². The van der Waals surface area contributed by atoms with Crippen LogP contribution in [0.3, 0.4) is 0 Å². The third-order valence-corrected chi connectivity index (χ3v) is 2.59. The minimum atomic E-state index is -0.150. The summed E-state index contributed by atoms with van der Waals surface area (Å²) >= 11 is 0. The second kappa shape index (κ2) is 6.46. The van der Waals surface area contributed by atoms with E-state index in [0.717, 1.165) is 12.0 Å². The Labute approximate surface area is 111 Å². The van der Waals surface area contributed by atoms with Crippen LogP contribution in [0.15, 0.2) is 42.9 Å². The molecular formula is C13H15N5O. The van der Waals surface area contributed by atoms with Crippen molar-refractivity contribution >= 4 is 11.7 Å². The van der Waals surface area contributed by atoms with Gasteiger partial charge in [0.2, 0.25) is 0 Å². The highest BCUT2D eigenvalue weighted by Gasteiger charge is 2.05. The molecule has 0 aliphatic carbocycles. The Hall–Kier alpha value is -2.47. The first-order chi connectivity index (χ1) is 9.29. The third-order valence-electron chi connectivity index (χ3n) is 2.59. The van der Waals surface area contributed by atoms with Gasteiger partial charge in [-0.25, -0.2) is 10.8 Å². The molecule has 2 rings (SSSR count). The van der Waals surface area contributed by atoms with Gasteiger partial charge in [-0.3, -0.25) is 9.78 Å². The third kappa shape index (κ3) is 3.75. The molecule has 6 nitrogen and oxygen atoms in total. The van der Waals surface area contributed by atoms with Gasteiger partial charge in [0.1, 0.15) is 5.82 Å². The highest BCUT2D eigenvalue weighted by Crippen LogP contribution is 2.05. The summed E-state index contributed by atoms with van der Waals surface area (Å²) in [4.78, 5) is 19.8. The van der Waals surface area contributed by atoms with E-state index in [0.29, 0.717) is 17.9 Å². The average Bonchev–Trinajstić information content (AvgIpc) is 2.48. The normalized spacial score (nSPS) is 9.95. The lowest BCUT2D eigenvalue weighted by molar-refractivity contribution is 0.0954. The summed E-state index contributed by atoms with van der Waals surface area (Å²) in [5.41, 5.74) is 4.01. The van der Waals surface area contributed by atoms with Crippen LogP contribution >= 0.6 is 0 Å². The maximum Gasteiger partial charge on any atom is 0.251 e. The lowest BCUT2D eigenvalue weighted by Crippen LogP contribution is -2.26. The molecule has 0 saturated carbocycles. The van der Waals surface area contributed by atoms with E-state index in [4.69, 9.17) is 5.84 Å². The quantitative estimate of drug-likeness (QED) is 0.542. The van der Waals surface area contributed by atoms with Gasteiger partial charge in [-0.2, -0.15) is 0 Å². The van der Waals surface area contributed by atoms with E-state index in [1.165, 1.54) is 6.20 Å². The number of carbonyl (C=O) groups is 1. The molecule has 1 amide bonds. The summed E-state index contributed by atoms with van der Waals surface area (Å²) in [6.07, 6.45) is 5.79. The van der Waals surface area contributed by atoms with Crippen molar-refractivity contribution < 1.29 is 4.79 Å². The maximum atomic E-state index is 11.9. The molecule has 0 spiro atoms. The van der Waals surface area contributed by atoms with E-state index < -0.39 is 0 Å². The number of nitrogen functional groups attached to an aromatic ring is 1. The minimum absolute atomic E-state index is 0.150. The van der Waals surface area contributed by atoms with Crippen molar-refractivity contribution in [1.29, 1.82) is 0 Å². The zero-order valence-electron chi connectivity index (χ0n) is 10.3. The van der Waals surface area contributed by atoms with Crippen LogP contribution in [0, 0.1) is 0 Å². The number of rotatable bonds is 5. The van der Waals surface area contributed by atoms with E-state index in [1.54, 1.807) is 24.5 Å². The summed E-state index contributed by atoms with van der Waals surface area (Å²) in [5, 5.41) is 2.84. The van der Waals surface area contributed by atoms with E-state index in [2.05, 4.69) is 20.7 Å². The Morgan fingerprint density at radius 1 is 1.32 bits per heavy atom. The fourth-order valence-electron chi connectivity index (χ4n) is 1.62. The molecule has 0 aromatic carbocycles. The Bertz CT molecular complexity index is 544. The van der Waals surface area contributed by atoms with Gasteiger partial charge in [-0.15, -0.1) is 0 Å². The number of nitrogens with two attached hydrogens (primary N) is 1. The number of nitrogens with one attached hydrogen (secondary N) is 2.